The molecule has 0 spiro atoms. The maximum atomic E-state index is 12.2. The summed E-state index contributed by atoms with van der Waals surface area (Å²) in [5.74, 6) is 0.00380. The number of carbonyl (C=O) groups is 1. The second kappa shape index (κ2) is 4.77. The molecule has 3 rings (SSSR count). The lowest BCUT2D eigenvalue weighted by Gasteiger charge is -2.22. The normalized spacial score (nSPS) is 19.1. The van der Waals surface area contributed by atoms with Crippen molar-refractivity contribution in [3.05, 3.63) is 24.0 Å². The van der Waals surface area contributed by atoms with Crippen LogP contribution in [0.1, 0.15) is 12.8 Å². The van der Waals surface area contributed by atoms with Crippen LogP contribution in [-0.2, 0) is 4.79 Å². The van der Waals surface area contributed by atoms with Crippen molar-refractivity contribution in [1.82, 2.24) is 15.2 Å². The number of amides is 1. The molecule has 18 heavy (non-hydrogen) atoms. The van der Waals surface area contributed by atoms with Crippen molar-refractivity contribution in [1.29, 1.82) is 0 Å². The summed E-state index contributed by atoms with van der Waals surface area (Å²) in [6.07, 6.45) is 6.91. The number of rotatable bonds is 3. The van der Waals surface area contributed by atoms with E-state index in [1.165, 1.54) is 0 Å². The van der Waals surface area contributed by atoms with E-state index in [9.17, 15) is 4.79 Å². The van der Waals surface area contributed by atoms with Crippen LogP contribution in [0.2, 0.25) is 0 Å². The average Bonchev–Trinajstić information content (AvgIpc) is 3.11. The van der Waals surface area contributed by atoms with Crippen LogP contribution in [0.5, 0.6) is 0 Å². The Kier molecular flexibility index (Phi) is 2.97. The molecule has 1 atom stereocenters. The van der Waals surface area contributed by atoms with Gasteiger partial charge in [-0.2, -0.15) is 5.10 Å². The highest BCUT2D eigenvalue weighted by atomic mass is 32.1. The van der Waals surface area contributed by atoms with Crippen molar-refractivity contribution in [2.45, 2.75) is 18.9 Å². The summed E-state index contributed by atoms with van der Waals surface area (Å²) in [6, 6.07) is -0.133. The molecule has 2 aromatic heterocycles. The number of hydrogen-bond donors (Lipinski definition) is 2. The monoisotopic (exact) mass is 263 g/mol. The average molecular weight is 263 g/mol. The predicted octanol–water partition coefficient (Wildman–Crippen LogP) is 1.47. The molecule has 0 saturated carbocycles. The van der Waals surface area contributed by atoms with Gasteiger partial charge in [0.15, 0.2) is 5.13 Å². The lowest BCUT2D eigenvalue weighted by Crippen LogP contribution is -2.39. The standard InChI is InChI=1S/C11H13N5OS/c17-10(15-8-6-13-14-7-8)9-2-1-4-16(9)11-12-3-5-18-11/h3,5-7,9H,1-2,4H2,(H,13,14)(H,15,17)/t9-/m0/s1. The van der Waals surface area contributed by atoms with E-state index in [0.29, 0.717) is 5.69 Å². The van der Waals surface area contributed by atoms with E-state index in [4.69, 9.17) is 0 Å². The van der Waals surface area contributed by atoms with Gasteiger partial charge in [-0.3, -0.25) is 9.89 Å². The first kappa shape index (κ1) is 11.2. The molecule has 7 heteroatoms. The zero-order valence-corrected chi connectivity index (χ0v) is 10.5. The first-order valence-corrected chi connectivity index (χ1v) is 6.68. The summed E-state index contributed by atoms with van der Waals surface area (Å²) in [6.45, 7) is 0.886. The van der Waals surface area contributed by atoms with Gasteiger partial charge in [0.1, 0.15) is 6.04 Å². The van der Waals surface area contributed by atoms with Gasteiger partial charge in [0.2, 0.25) is 5.91 Å². The summed E-state index contributed by atoms with van der Waals surface area (Å²) in [5, 5.41) is 12.2. The minimum atomic E-state index is -0.133. The number of anilines is 2. The van der Waals surface area contributed by atoms with E-state index in [1.54, 1.807) is 29.9 Å². The molecule has 0 radical (unpaired) electrons. The van der Waals surface area contributed by atoms with E-state index >= 15 is 0 Å². The number of aromatic nitrogens is 3. The SMILES string of the molecule is O=C(Nc1cn[nH]c1)[C@@H]1CCCN1c1nccs1. The molecule has 0 aromatic carbocycles. The van der Waals surface area contributed by atoms with E-state index in [1.807, 2.05) is 5.38 Å². The molecule has 6 nitrogen and oxygen atoms in total. The van der Waals surface area contributed by atoms with Crippen molar-refractivity contribution in [3.63, 3.8) is 0 Å². The lowest BCUT2D eigenvalue weighted by molar-refractivity contribution is -0.117. The van der Waals surface area contributed by atoms with Crippen LogP contribution in [0.3, 0.4) is 0 Å². The molecule has 94 valence electrons. The number of carbonyl (C=O) groups excluding carboxylic acids is 1. The first-order valence-electron chi connectivity index (χ1n) is 5.80. The number of nitrogens with one attached hydrogen (secondary N) is 2. The molecule has 1 fully saturated rings. The van der Waals surface area contributed by atoms with Gasteiger partial charge in [0.25, 0.3) is 0 Å². The van der Waals surface area contributed by atoms with E-state index in [0.717, 1.165) is 24.5 Å². The molecule has 0 aliphatic carbocycles. The van der Waals surface area contributed by atoms with Crippen LogP contribution in [0.25, 0.3) is 0 Å². The number of hydrogen-bond acceptors (Lipinski definition) is 5. The minimum absolute atomic E-state index is 0.00380. The highest BCUT2D eigenvalue weighted by Gasteiger charge is 2.32. The van der Waals surface area contributed by atoms with Crippen molar-refractivity contribution in [2.75, 3.05) is 16.8 Å². The molecular formula is C11H13N5OS. The Morgan fingerprint density at radius 2 is 2.56 bits per heavy atom. The maximum absolute atomic E-state index is 12.2. The molecular weight excluding hydrogens is 250 g/mol. The molecule has 3 heterocycles. The molecule has 1 saturated heterocycles. The van der Waals surface area contributed by atoms with Gasteiger partial charge in [-0.25, -0.2) is 4.98 Å². The van der Waals surface area contributed by atoms with E-state index in [2.05, 4.69) is 25.4 Å². The van der Waals surface area contributed by atoms with Gasteiger partial charge in [-0.1, -0.05) is 0 Å². The fourth-order valence-corrected chi connectivity index (χ4v) is 2.89. The summed E-state index contributed by atoms with van der Waals surface area (Å²) in [5.41, 5.74) is 0.700. The van der Waals surface area contributed by atoms with Crippen LogP contribution in [0, 0.1) is 0 Å². The fraction of sp³-hybridized carbons (Fsp3) is 0.364. The molecule has 0 bridgehead atoms. The van der Waals surface area contributed by atoms with Gasteiger partial charge < -0.3 is 10.2 Å². The second-order valence-electron chi connectivity index (χ2n) is 4.14. The summed E-state index contributed by atoms with van der Waals surface area (Å²) >= 11 is 1.57. The van der Waals surface area contributed by atoms with Crippen LogP contribution in [0.4, 0.5) is 10.8 Å². The summed E-state index contributed by atoms with van der Waals surface area (Å²) in [7, 11) is 0. The molecule has 2 aromatic rings. The highest BCUT2D eigenvalue weighted by molar-refractivity contribution is 7.13. The Balaban J connectivity index is 1.73. The molecule has 1 aliphatic heterocycles. The van der Waals surface area contributed by atoms with Gasteiger partial charge in [-0.15, -0.1) is 11.3 Å². The first-order chi connectivity index (χ1) is 8.84. The third kappa shape index (κ3) is 2.08. The van der Waals surface area contributed by atoms with Gasteiger partial charge in [0.05, 0.1) is 11.9 Å². The largest absolute Gasteiger partial charge is 0.336 e. The van der Waals surface area contributed by atoms with Gasteiger partial charge in [-0.05, 0) is 12.8 Å². The molecule has 1 amide bonds. The Labute approximate surface area is 108 Å². The third-order valence-electron chi connectivity index (χ3n) is 2.99. The maximum Gasteiger partial charge on any atom is 0.247 e. The van der Waals surface area contributed by atoms with Crippen molar-refractivity contribution >= 4 is 28.1 Å². The minimum Gasteiger partial charge on any atom is -0.336 e. The second-order valence-corrected chi connectivity index (χ2v) is 5.02. The third-order valence-corrected chi connectivity index (χ3v) is 3.79. The van der Waals surface area contributed by atoms with Crippen LogP contribution >= 0.6 is 11.3 Å². The number of H-pyrrole nitrogens is 1. The van der Waals surface area contributed by atoms with Crippen LogP contribution in [0.15, 0.2) is 24.0 Å². The molecule has 2 N–H and O–H groups in total. The summed E-state index contributed by atoms with van der Waals surface area (Å²) in [4.78, 5) is 18.5. The van der Waals surface area contributed by atoms with Crippen molar-refractivity contribution < 1.29 is 4.79 Å². The Hall–Kier alpha value is -1.89. The summed E-state index contributed by atoms with van der Waals surface area (Å²) < 4.78 is 0. The van der Waals surface area contributed by atoms with Crippen LogP contribution < -0.4 is 10.2 Å². The number of aromatic amines is 1. The lowest BCUT2D eigenvalue weighted by atomic mass is 10.2. The van der Waals surface area contributed by atoms with Crippen molar-refractivity contribution in [2.24, 2.45) is 0 Å². The zero-order chi connectivity index (χ0) is 12.4. The molecule has 0 unspecified atom stereocenters. The zero-order valence-electron chi connectivity index (χ0n) is 9.67. The Bertz CT molecular complexity index is 510. The van der Waals surface area contributed by atoms with Crippen molar-refractivity contribution in [3.8, 4) is 0 Å². The van der Waals surface area contributed by atoms with E-state index < -0.39 is 0 Å². The smallest absolute Gasteiger partial charge is 0.247 e. The topological polar surface area (TPSA) is 73.9 Å². The Morgan fingerprint density at radius 3 is 3.28 bits per heavy atom. The van der Waals surface area contributed by atoms with Gasteiger partial charge in [0, 0.05) is 24.3 Å². The van der Waals surface area contributed by atoms with Crippen LogP contribution in [-0.4, -0.2) is 33.7 Å². The molecule has 1 aliphatic rings. The number of nitrogens with zero attached hydrogens (tertiary/aromatic N) is 3. The highest BCUT2D eigenvalue weighted by Crippen LogP contribution is 2.27. The fourth-order valence-electron chi connectivity index (χ4n) is 2.17. The predicted molar refractivity (Wildman–Crippen MR) is 69.7 cm³/mol. The Morgan fingerprint density at radius 1 is 1.61 bits per heavy atom. The number of thiazole rings is 1. The van der Waals surface area contributed by atoms with Gasteiger partial charge >= 0.3 is 0 Å². The quantitative estimate of drug-likeness (QED) is 0.879. The van der Waals surface area contributed by atoms with E-state index in [-0.39, 0.29) is 11.9 Å².